The minimum Gasteiger partial charge on any atom is -0.493 e. The van der Waals surface area contributed by atoms with E-state index in [1.54, 1.807) is 0 Å². The third kappa shape index (κ3) is 3.29. The minimum atomic E-state index is -0.0722. The van der Waals surface area contributed by atoms with E-state index < -0.39 is 0 Å². The van der Waals surface area contributed by atoms with E-state index in [2.05, 4.69) is 22.3 Å². The van der Waals surface area contributed by atoms with Crippen molar-refractivity contribution in [2.24, 2.45) is 0 Å². The summed E-state index contributed by atoms with van der Waals surface area (Å²) >= 11 is 0. The van der Waals surface area contributed by atoms with Gasteiger partial charge in [-0.1, -0.05) is 12.1 Å². The average molecular weight is 322 g/mol. The number of nitrogens with one attached hydrogen (secondary N) is 1. The summed E-state index contributed by atoms with van der Waals surface area (Å²) in [6.45, 7) is 4.10. The molecule has 2 aromatic rings. The van der Waals surface area contributed by atoms with Crippen LogP contribution < -0.4 is 10.1 Å². The van der Waals surface area contributed by atoms with Crippen molar-refractivity contribution in [3.63, 3.8) is 0 Å². The lowest BCUT2D eigenvalue weighted by Gasteiger charge is -2.14. The van der Waals surface area contributed by atoms with Gasteiger partial charge < -0.3 is 10.1 Å². The predicted molar refractivity (Wildman–Crippen MR) is 94.5 cm³/mol. The van der Waals surface area contributed by atoms with Crippen molar-refractivity contribution < 1.29 is 9.53 Å². The molecule has 1 saturated heterocycles. The number of benzene rings is 2. The lowest BCUT2D eigenvalue weighted by atomic mass is 10.1. The van der Waals surface area contributed by atoms with Gasteiger partial charge in [-0.15, -0.1) is 0 Å². The van der Waals surface area contributed by atoms with Crippen LogP contribution in [0.5, 0.6) is 5.75 Å². The number of likely N-dealkylation sites (tertiary alicyclic amines) is 1. The molecule has 4 nitrogen and oxygen atoms in total. The van der Waals surface area contributed by atoms with Gasteiger partial charge in [0, 0.05) is 24.2 Å². The van der Waals surface area contributed by atoms with Gasteiger partial charge in [0.2, 0.25) is 0 Å². The first-order chi connectivity index (χ1) is 11.8. The zero-order chi connectivity index (χ0) is 16.4. The molecule has 1 amide bonds. The lowest BCUT2D eigenvalue weighted by Crippen LogP contribution is -2.18. The molecule has 24 heavy (non-hydrogen) atoms. The molecule has 0 aromatic heterocycles. The first-order valence-electron chi connectivity index (χ1n) is 8.66. The van der Waals surface area contributed by atoms with Crippen molar-refractivity contribution in [1.82, 2.24) is 4.90 Å². The van der Waals surface area contributed by atoms with E-state index in [0.29, 0.717) is 12.2 Å². The van der Waals surface area contributed by atoms with Gasteiger partial charge in [-0.3, -0.25) is 9.69 Å². The third-order valence-electron chi connectivity index (χ3n) is 4.77. The Labute approximate surface area is 142 Å². The molecule has 0 unspecified atom stereocenters. The molecule has 1 N–H and O–H groups in total. The summed E-state index contributed by atoms with van der Waals surface area (Å²) in [6, 6.07) is 13.8. The van der Waals surface area contributed by atoms with Gasteiger partial charge in [0.15, 0.2) is 0 Å². The van der Waals surface area contributed by atoms with Gasteiger partial charge in [0.25, 0.3) is 5.91 Å². The Balaban J connectivity index is 1.40. The molecule has 0 bridgehead atoms. The summed E-state index contributed by atoms with van der Waals surface area (Å²) in [4.78, 5) is 14.9. The van der Waals surface area contributed by atoms with Crippen LogP contribution in [0.25, 0.3) is 0 Å². The first-order valence-corrected chi connectivity index (χ1v) is 8.66. The highest BCUT2D eigenvalue weighted by Gasteiger charge is 2.15. The zero-order valence-corrected chi connectivity index (χ0v) is 13.8. The van der Waals surface area contributed by atoms with Crippen LogP contribution >= 0.6 is 0 Å². The zero-order valence-electron chi connectivity index (χ0n) is 13.8. The number of rotatable bonds is 4. The van der Waals surface area contributed by atoms with E-state index >= 15 is 0 Å². The van der Waals surface area contributed by atoms with E-state index in [1.165, 1.54) is 31.5 Å². The summed E-state index contributed by atoms with van der Waals surface area (Å²) in [5.41, 5.74) is 3.93. The van der Waals surface area contributed by atoms with Gasteiger partial charge in [0.1, 0.15) is 5.75 Å². The molecule has 2 aliphatic rings. The number of hydrogen-bond donors (Lipinski definition) is 1. The van der Waals surface area contributed by atoms with Crippen molar-refractivity contribution in [2.75, 3.05) is 25.0 Å². The van der Waals surface area contributed by atoms with Gasteiger partial charge in [-0.2, -0.15) is 0 Å². The SMILES string of the molecule is O=C(Nc1ccc(CN2CCCC2)cc1)c1ccc2c(c1)CCO2. The largest absolute Gasteiger partial charge is 0.493 e. The number of fused-ring (bicyclic) bond motifs is 1. The normalized spacial score (nSPS) is 16.7. The fraction of sp³-hybridized carbons (Fsp3) is 0.350. The lowest BCUT2D eigenvalue weighted by molar-refractivity contribution is 0.102. The van der Waals surface area contributed by atoms with E-state index in [0.717, 1.165) is 30.0 Å². The molecule has 0 atom stereocenters. The number of nitrogens with zero attached hydrogens (tertiary/aromatic N) is 1. The maximum atomic E-state index is 12.4. The van der Waals surface area contributed by atoms with Crippen molar-refractivity contribution in [1.29, 1.82) is 0 Å². The van der Waals surface area contributed by atoms with E-state index in [9.17, 15) is 4.79 Å². The molecule has 4 rings (SSSR count). The summed E-state index contributed by atoms with van der Waals surface area (Å²) in [5.74, 6) is 0.829. The Kier molecular flexibility index (Phi) is 4.22. The van der Waals surface area contributed by atoms with Crippen LogP contribution in [0.2, 0.25) is 0 Å². The monoisotopic (exact) mass is 322 g/mol. The molecule has 0 radical (unpaired) electrons. The fourth-order valence-electron chi connectivity index (χ4n) is 3.42. The highest BCUT2D eigenvalue weighted by molar-refractivity contribution is 6.04. The number of carbonyl (C=O) groups is 1. The van der Waals surface area contributed by atoms with Crippen LogP contribution in [0.3, 0.4) is 0 Å². The molecule has 0 spiro atoms. The summed E-state index contributed by atoms with van der Waals surface area (Å²) in [5, 5.41) is 2.98. The number of amides is 1. The van der Waals surface area contributed by atoms with Crippen molar-refractivity contribution in [2.45, 2.75) is 25.8 Å². The topological polar surface area (TPSA) is 41.6 Å². The summed E-state index contributed by atoms with van der Waals surface area (Å²) in [7, 11) is 0. The van der Waals surface area contributed by atoms with Crippen molar-refractivity contribution in [3.05, 3.63) is 59.2 Å². The van der Waals surface area contributed by atoms with Crippen molar-refractivity contribution in [3.8, 4) is 5.75 Å². The van der Waals surface area contributed by atoms with Gasteiger partial charge in [-0.25, -0.2) is 0 Å². The smallest absolute Gasteiger partial charge is 0.255 e. The van der Waals surface area contributed by atoms with E-state index in [-0.39, 0.29) is 5.91 Å². The minimum absolute atomic E-state index is 0.0722. The van der Waals surface area contributed by atoms with Crippen LogP contribution in [0.1, 0.15) is 34.3 Å². The molecule has 2 aromatic carbocycles. The Morgan fingerprint density at radius 1 is 1.08 bits per heavy atom. The van der Waals surface area contributed by atoms with E-state index in [4.69, 9.17) is 4.74 Å². The molecular weight excluding hydrogens is 300 g/mol. The van der Waals surface area contributed by atoms with Gasteiger partial charge in [-0.05, 0) is 67.4 Å². The number of anilines is 1. The Morgan fingerprint density at radius 3 is 2.67 bits per heavy atom. The highest BCUT2D eigenvalue weighted by Crippen LogP contribution is 2.26. The standard InChI is InChI=1S/C20H22N2O2/c23-20(17-5-8-19-16(13-17)9-12-24-19)21-18-6-3-15(4-7-18)14-22-10-1-2-11-22/h3-8,13H,1-2,9-12,14H2,(H,21,23). The number of hydrogen-bond acceptors (Lipinski definition) is 3. The second kappa shape index (κ2) is 6.65. The molecule has 0 aliphatic carbocycles. The fourth-order valence-corrected chi connectivity index (χ4v) is 3.42. The van der Waals surface area contributed by atoms with Gasteiger partial charge in [0.05, 0.1) is 6.61 Å². The molecular formula is C20H22N2O2. The second-order valence-corrected chi connectivity index (χ2v) is 6.56. The van der Waals surface area contributed by atoms with Crippen LogP contribution in [0.4, 0.5) is 5.69 Å². The molecule has 0 saturated carbocycles. The second-order valence-electron chi connectivity index (χ2n) is 6.56. The maximum absolute atomic E-state index is 12.4. The number of ether oxygens (including phenoxy) is 1. The quantitative estimate of drug-likeness (QED) is 0.937. The Bertz CT molecular complexity index is 734. The summed E-state index contributed by atoms with van der Waals surface area (Å²) in [6.07, 6.45) is 3.49. The third-order valence-corrected chi connectivity index (χ3v) is 4.77. The molecule has 2 heterocycles. The predicted octanol–water partition coefficient (Wildman–Crippen LogP) is 3.47. The van der Waals surface area contributed by atoms with Crippen LogP contribution in [0.15, 0.2) is 42.5 Å². The van der Waals surface area contributed by atoms with Crippen LogP contribution in [0, 0.1) is 0 Å². The van der Waals surface area contributed by atoms with Crippen LogP contribution in [-0.4, -0.2) is 30.5 Å². The molecule has 124 valence electrons. The van der Waals surface area contributed by atoms with Crippen molar-refractivity contribution >= 4 is 11.6 Å². The Morgan fingerprint density at radius 2 is 1.88 bits per heavy atom. The van der Waals surface area contributed by atoms with Gasteiger partial charge >= 0.3 is 0 Å². The number of carbonyl (C=O) groups excluding carboxylic acids is 1. The molecule has 4 heteroatoms. The first kappa shape index (κ1) is 15.2. The maximum Gasteiger partial charge on any atom is 0.255 e. The van der Waals surface area contributed by atoms with Crippen LogP contribution in [-0.2, 0) is 13.0 Å². The average Bonchev–Trinajstić information content (AvgIpc) is 3.27. The highest BCUT2D eigenvalue weighted by atomic mass is 16.5. The molecule has 1 fully saturated rings. The summed E-state index contributed by atoms with van der Waals surface area (Å²) < 4.78 is 5.48. The van der Waals surface area contributed by atoms with E-state index in [1.807, 2.05) is 30.3 Å². The Hall–Kier alpha value is -2.33. The molecule has 2 aliphatic heterocycles.